The molecule has 0 saturated carbocycles. The number of aryl methyl sites for hydroxylation is 1. The molecule has 1 aromatic heterocycles. The normalized spacial score (nSPS) is 13.4. The highest BCUT2D eigenvalue weighted by Crippen LogP contribution is 2.37. The van der Waals surface area contributed by atoms with Crippen LogP contribution in [0, 0.1) is 6.92 Å². The molecule has 0 amide bonds. The summed E-state index contributed by atoms with van der Waals surface area (Å²) >= 11 is 0. The number of phenolic OH excluding ortho intramolecular Hbond substituents is 1. The fourth-order valence-corrected chi connectivity index (χ4v) is 2.37. The maximum atomic E-state index is 10.0. The van der Waals surface area contributed by atoms with Crippen LogP contribution >= 0.6 is 0 Å². The van der Waals surface area contributed by atoms with Gasteiger partial charge in [-0.15, -0.1) is 0 Å². The van der Waals surface area contributed by atoms with Crippen molar-refractivity contribution in [1.29, 1.82) is 0 Å². The zero-order valence-corrected chi connectivity index (χ0v) is 11.2. The summed E-state index contributed by atoms with van der Waals surface area (Å²) < 4.78 is 5.65. The van der Waals surface area contributed by atoms with Crippen LogP contribution in [0.5, 0.6) is 5.75 Å². The lowest BCUT2D eigenvalue weighted by atomic mass is 10.0. The van der Waals surface area contributed by atoms with Gasteiger partial charge in [0.15, 0.2) is 0 Å². The van der Waals surface area contributed by atoms with E-state index >= 15 is 0 Å². The van der Waals surface area contributed by atoms with E-state index in [1.165, 1.54) is 0 Å². The molecular weight excluding hydrogens is 230 g/mol. The molecule has 4 nitrogen and oxygen atoms in total. The molecule has 0 aliphatic carbocycles. The second-order valence-corrected chi connectivity index (χ2v) is 4.92. The van der Waals surface area contributed by atoms with Crippen molar-refractivity contribution in [1.82, 2.24) is 4.90 Å². The predicted molar refractivity (Wildman–Crippen MR) is 70.6 cm³/mol. The zero-order chi connectivity index (χ0) is 13.4. The molecule has 0 spiro atoms. The first-order valence-corrected chi connectivity index (χ1v) is 5.98. The molecule has 0 aliphatic rings. The Hall–Kier alpha value is -1.52. The van der Waals surface area contributed by atoms with Crippen LogP contribution in [0.4, 0.5) is 0 Å². The van der Waals surface area contributed by atoms with Crippen LogP contribution in [0.3, 0.4) is 0 Å². The average Bonchev–Trinajstić information content (AvgIpc) is 2.58. The van der Waals surface area contributed by atoms with Crippen LogP contribution in [-0.2, 0) is 6.54 Å². The molecule has 2 aromatic rings. The molecule has 1 heterocycles. The first-order valence-electron chi connectivity index (χ1n) is 5.98. The summed E-state index contributed by atoms with van der Waals surface area (Å²) in [7, 11) is 3.88. The van der Waals surface area contributed by atoms with E-state index < -0.39 is 6.10 Å². The highest BCUT2D eigenvalue weighted by Gasteiger charge is 2.20. The molecule has 0 aliphatic heterocycles. The van der Waals surface area contributed by atoms with Crippen LogP contribution in [0.1, 0.15) is 29.9 Å². The maximum Gasteiger partial charge on any atom is 0.135 e. The van der Waals surface area contributed by atoms with Gasteiger partial charge in [0.2, 0.25) is 0 Å². The van der Waals surface area contributed by atoms with Gasteiger partial charge in [-0.1, -0.05) is 0 Å². The molecule has 0 saturated heterocycles. The van der Waals surface area contributed by atoms with E-state index in [0.29, 0.717) is 17.9 Å². The fraction of sp³-hybridized carbons (Fsp3) is 0.429. The van der Waals surface area contributed by atoms with Crippen molar-refractivity contribution in [2.75, 3.05) is 14.1 Å². The molecule has 4 heteroatoms. The number of hydrogen-bond donors (Lipinski definition) is 2. The Balaban J connectivity index is 2.76. The zero-order valence-electron chi connectivity index (χ0n) is 11.2. The Kier molecular flexibility index (Phi) is 3.32. The standard InChI is InChI=1S/C14H19NO3/c1-8(16)13-9(2)18-12-6-5-11(17)10(14(12)13)7-15(3)4/h5-6,8,16-17H,7H2,1-4H3/t8-/m0/s1. The van der Waals surface area contributed by atoms with Gasteiger partial charge in [0.25, 0.3) is 0 Å². The number of aliphatic hydroxyl groups is 1. The third kappa shape index (κ3) is 2.09. The fourth-order valence-electron chi connectivity index (χ4n) is 2.37. The molecule has 0 bridgehead atoms. The quantitative estimate of drug-likeness (QED) is 0.877. The van der Waals surface area contributed by atoms with E-state index in [4.69, 9.17) is 4.42 Å². The summed E-state index contributed by atoms with van der Waals surface area (Å²) in [5.41, 5.74) is 2.26. The van der Waals surface area contributed by atoms with Crippen molar-refractivity contribution in [3.05, 3.63) is 29.0 Å². The van der Waals surface area contributed by atoms with Crippen molar-refractivity contribution in [2.45, 2.75) is 26.5 Å². The summed E-state index contributed by atoms with van der Waals surface area (Å²) in [6.45, 7) is 4.14. The van der Waals surface area contributed by atoms with E-state index in [1.807, 2.05) is 25.9 Å². The molecule has 0 unspecified atom stereocenters. The lowest BCUT2D eigenvalue weighted by Gasteiger charge is -2.14. The van der Waals surface area contributed by atoms with Crippen molar-refractivity contribution in [3.63, 3.8) is 0 Å². The number of benzene rings is 1. The summed E-state index contributed by atoms with van der Waals surface area (Å²) in [5.74, 6) is 0.935. The third-order valence-corrected chi connectivity index (χ3v) is 3.05. The summed E-state index contributed by atoms with van der Waals surface area (Å²) in [4.78, 5) is 1.97. The first kappa shape index (κ1) is 12.9. The highest BCUT2D eigenvalue weighted by atomic mass is 16.3. The summed E-state index contributed by atoms with van der Waals surface area (Å²) in [6, 6.07) is 3.37. The topological polar surface area (TPSA) is 56.8 Å². The lowest BCUT2D eigenvalue weighted by Crippen LogP contribution is -2.11. The number of hydrogen-bond acceptors (Lipinski definition) is 4. The minimum absolute atomic E-state index is 0.235. The molecule has 1 aromatic carbocycles. The van der Waals surface area contributed by atoms with E-state index in [-0.39, 0.29) is 5.75 Å². The van der Waals surface area contributed by atoms with E-state index in [2.05, 4.69) is 0 Å². The van der Waals surface area contributed by atoms with E-state index in [9.17, 15) is 10.2 Å². The van der Waals surface area contributed by atoms with Crippen LogP contribution in [-0.4, -0.2) is 29.2 Å². The lowest BCUT2D eigenvalue weighted by molar-refractivity contribution is 0.198. The Morgan fingerprint density at radius 3 is 2.56 bits per heavy atom. The van der Waals surface area contributed by atoms with E-state index in [0.717, 1.165) is 16.5 Å². The molecule has 18 heavy (non-hydrogen) atoms. The van der Waals surface area contributed by atoms with Gasteiger partial charge in [-0.2, -0.15) is 0 Å². The monoisotopic (exact) mass is 249 g/mol. The number of furan rings is 1. The SMILES string of the molecule is Cc1oc2ccc(O)c(CN(C)C)c2c1[C@H](C)O. The number of fused-ring (bicyclic) bond motifs is 1. The Labute approximate surface area is 106 Å². The number of aliphatic hydroxyl groups excluding tert-OH is 1. The van der Waals surface area contributed by atoms with Gasteiger partial charge in [-0.05, 0) is 40.1 Å². The summed E-state index contributed by atoms with van der Waals surface area (Å²) in [6.07, 6.45) is -0.617. The summed E-state index contributed by atoms with van der Waals surface area (Å²) in [5, 5.41) is 20.7. The minimum atomic E-state index is -0.617. The second-order valence-electron chi connectivity index (χ2n) is 4.92. The number of aromatic hydroxyl groups is 1. The Morgan fingerprint density at radius 2 is 2.00 bits per heavy atom. The van der Waals surface area contributed by atoms with Gasteiger partial charge in [0.1, 0.15) is 17.1 Å². The first-order chi connectivity index (χ1) is 8.41. The molecule has 2 N–H and O–H groups in total. The molecule has 98 valence electrons. The second kappa shape index (κ2) is 4.63. The van der Waals surface area contributed by atoms with E-state index in [1.54, 1.807) is 19.1 Å². The molecule has 0 fully saturated rings. The molecule has 2 rings (SSSR count). The van der Waals surface area contributed by atoms with Gasteiger partial charge in [-0.3, -0.25) is 0 Å². The largest absolute Gasteiger partial charge is 0.508 e. The average molecular weight is 249 g/mol. The van der Waals surface area contributed by atoms with Gasteiger partial charge in [0, 0.05) is 23.1 Å². The predicted octanol–water partition coefficient (Wildman–Crippen LogP) is 2.56. The number of phenols is 1. The highest BCUT2D eigenvalue weighted by molar-refractivity contribution is 5.88. The van der Waals surface area contributed by atoms with Crippen LogP contribution in [0.15, 0.2) is 16.5 Å². The van der Waals surface area contributed by atoms with Crippen molar-refractivity contribution >= 4 is 11.0 Å². The maximum absolute atomic E-state index is 10.0. The number of nitrogens with zero attached hydrogens (tertiary/aromatic N) is 1. The van der Waals surface area contributed by atoms with Crippen molar-refractivity contribution in [3.8, 4) is 5.75 Å². The molecule has 1 atom stereocenters. The molecular formula is C14H19NO3. The third-order valence-electron chi connectivity index (χ3n) is 3.05. The Bertz CT molecular complexity index is 570. The molecule has 0 radical (unpaired) electrons. The number of rotatable bonds is 3. The van der Waals surface area contributed by atoms with Gasteiger partial charge in [-0.25, -0.2) is 0 Å². The smallest absolute Gasteiger partial charge is 0.135 e. The van der Waals surface area contributed by atoms with Crippen molar-refractivity contribution < 1.29 is 14.6 Å². The minimum Gasteiger partial charge on any atom is -0.508 e. The van der Waals surface area contributed by atoms with Gasteiger partial charge < -0.3 is 19.5 Å². The van der Waals surface area contributed by atoms with Crippen LogP contribution < -0.4 is 0 Å². The van der Waals surface area contributed by atoms with Crippen LogP contribution in [0.25, 0.3) is 11.0 Å². The van der Waals surface area contributed by atoms with Crippen molar-refractivity contribution in [2.24, 2.45) is 0 Å². The van der Waals surface area contributed by atoms with Gasteiger partial charge in [0.05, 0.1) is 6.10 Å². The Morgan fingerprint density at radius 1 is 1.33 bits per heavy atom. The van der Waals surface area contributed by atoms with Gasteiger partial charge >= 0.3 is 0 Å². The van der Waals surface area contributed by atoms with Crippen LogP contribution in [0.2, 0.25) is 0 Å².